The summed E-state index contributed by atoms with van der Waals surface area (Å²) in [5.74, 6) is 0.806. The highest BCUT2D eigenvalue weighted by Crippen LogP contribution is 2.32. The fourth-order valence-electron chi connectivity index (χ4n) is 3.83. The monoisotopic (exact) mass is 477 g/mol. The average molecular weight is 478 g/mol. The molecule has 0 fully saturated rings. The minimum Gasteiger partial charge on any atom is -0.497 e. The van der Waals surface area contributed by atoms with Gasteiger partial charge < -0.3 is 24.4 Å². The molecule has 0 aromatic heterocycles. The maximum Gasteiger partial charge on any atom is 0.323 e. The molecule has 1 atom stereocenters. The van der Waals surface area contributed by atoms with E-state index in [0.717, 1.165) is 33.6 Å². The normalized spacial score (nSPS) is 11.9. The van der Waals surface area contributed by atoms with E-state index >= 15 is 0 Å². The van der Waals surface area contributed by atoms with Crippen molar-refractivity contribution in [1.29, 1.82) is 0 Å². The van der Waals surface area contributed by atoms with Gasteiger partial charge in [-0.15, -0.1) is 0 Å². The van der Waals surface area contributed by atoms with Crippen molar-refractivity contribution in [3.63, 3.8) is 0 Å². The molecule has 0 radical (unpaired) electrons. The van der Waals surface area contributed by atoms with Gasteiger partial charge in [0.25, 0.3) is 0 Å². The Morgan fingerprint density at radius 2 is 1.63 bits per heavy atom. The zero-order valence-electron chi connectivity index (χ0n) is 20.4. The van der Waals surface area contributed by atoms with E-state index < -0.39 is 18.6 Å². The molecule has 7 heteroatoms. The molecule has 0 aliphatic rings. The van der Waals surface area contributed by atoms with Crippen LogP contribution in [-0.2, 0) is 11.3 Å². The van der Waals surface area contributed by atoms with Gasteiger partial charge in [0.05, 0.1) is 27.9 Å². The van der Waals surface area contributed by atoms with Crippen LogP contribution >= 0.6 is 0 Å². The third kappa shape index (κ3) is 6.20. The molecule has 35 heavy (non-hydrogen) atoms. The largest absolute Gasteiger partial charge is 0.497 e. The molecule has 0 heterocycles. The van der Waals surface area contributed by atoms with Gasteiger partial charge in [-0.2, -0.15) is 0 Å². The van der Waals surface area contributed by atoms with Gasteiger partial charge in [-0.25, -0.2) is 0 Å². The maximum absolute atomic E-state index is 11.2. The third-order valence-electron chi connectivity index (χ3n) is 5.87. The average Bonchev–Trinajstić information content (AvgIpc) is 2.88. The van der Waals surface area contributed by atoms with Crippen molar-refractivity contribution in [1.82, 2.24) is 5.32 Å². The minimum atomic E-state index is -1.13. The van der Waals surface area contributed by atoms with E-state index in [4.69, 9.17) is 19.3 Å². The van der Waals surface area contributed by atoms with Gasteiger partial charge in [0.15, 0.2) is 0 Å². The van der Waals surface area contributed by atoms with Crippen LogP contribution in [0.5, 0.6) is 17.2 Å². The Bertz CT molecular complexity index is 1160. The van der Waals surface area contributed by atoms with E-state index in [1.807, 2.05) is 54.6 Å². The lowest BCUT2D eigenvalue weighted by Gasteiger charge is -2.17. The highest BCUT2D eigenvalue weighted by atomic mass is 16.5. The standard InChI is InChI=1S/C28H31NO6/c1-18-20(6-5-7-23(18)21-10-12-22(33-2)13-11-21)9-8-19-14-26(34-3)24(27(15-19)35-4)16-29-25(17-30)28(31)32/h5-15,25,29-30H,16-17H2,1-4H3,(H,31,32). The van der Waals surface area contributed by atoms with Gasteiger partial charge in [0.1, 0.15) is 23.3 Å². The van der Waals surface area contributed by atoms with Gasteiger partial charge >= 0.3 is 5.97 Å². The first-order valence-corrected chi connectivity index (χ1v) is 11.2. The molecular weight excluding hydrogens is 446 g/mol. The number of aliphatic hydroxyl groups excluding tert-OH is 1. The third-order valence-corrected chi connectivity index (χ3v) is 5.87. The quantitative estimate of drug-likeness (QED) is 0.352. The highest BCUT2D eigenvalue weighted by molar-refractivity contribution is 5.78. The molecule has 1 unspecified atom stereocenters. The second kappa shape index (κ2) is 12.1. The zero-order chi connectivity index (χ0) is 25.4. The molecule has 0 saturated carbocycles. The van der Waals surface area contributed by atoms with E-state index in [2.05, 4.69) is 24.4 Å². The summed E-state index contributed by atoms with van der Waals surface area (Å²) in [7, 11) is 4.75. The number of rotatable bonds is 11. The summed E-state index contributed by atoms with van der Waals surface area (Å²) in [6.45, 7) is 1.74. The van der Waals surface area contributed by atoms with E-state index in [1.54, 1.807) is 21.3 Å². The second-order valence-corrected chi connectivity index (χ2v) is 7.94. The Labute approximate surface area is 205 Å². The first-order chi connectivity index (χ1) is 16.9. The van der Waals surface area contributed by atoms with Crippen molar-refractivity contribution in [3.05, 3.63) is 76.9 Å². The first kappa shape index (κ1) is 25.8. The molecule has 7 nitrogen and oxygen atoms in total. The SMILES string of the molecule is COc1ccc(-c2cccc(C=Cc3cc(OC)c(CNC(CO)C(=O)O)c(OC)c3)c2C)cc1. The number of carbonyl (C=O) groups is 1. The molecule has 3 aromatic carbocycles. The molecule has 0 spiro atoms. The molecule has 3 rings (SSSR count). The lowest BCUT2D eigenvalue weighted by molar-refractivity contribution is -0.140. The Balaban J connectivity index is 1.89. The Morgan fingerprint density at radius 3 is 2.17 bits per heavy atom. The summed E-state index contributed by atoms with van der Waals surface area (Å²) in [5, 5.41) is 21.2. The molecule has 0 amide bonds. The van der Waals surface area contributed by atoms with E-state index in [-0.39, 0.29) is 6.54 Å². The van der Waals surface area contributed by atoms with Crippen LogP contribution in [0.15, 0.2) is 54.6 Å². The fraction of sp³-hybridized carbons (Fsp3) is 0.250. The summed E-state index contributed by atoms with van der Waals surface area (Å²) in [6, 6.07) is 16.8. The van der Waals surface area contributed by atoms with Gasteiger partial charge in [0, 0.05) is 12.1 Å². The van der Waals surface area contributed by atoms with Gasteiger partial charge in [-0.3, -0.25) is 10.1 Å². The van der Waals surface area contributed by atoms with Crippen LogP contribution in [0.4, 0.5) is 0 Å². The number of methoxy groups -OCH3 is 3. The smallest absolute Gasteiger partial charge is 0.323 e. The van der Waals surface area contributed by atoms with Gasteiger partial charge in [-0.1, -0.05) is 42.5 Å². The molecule has 3 N–H and O–H groups in total. The molecule has 184 valence electrons. The van der Waals surface area contributed by atoms with Crippen LogP contribution in [0.25, 0.3) is 23.3 Å². The van der Waals surface area contributed by atoms with Crippen LogP contribution in [0, 0.1) is 6.92 Å². The predicted molar refractivity (Wildman–Crippen MR) is 137 cm³/mol. The zero-order valence-corrected chi connectivity index (χ0v) is 20.4. The molecule has 0 saturated heterocycles. The minimum absolute atomic E-state index is 0.164. The van der Waals surface area contributed by atoms with E-state index in [1.165, 1.54) is 0 Å². The Kier molecular flexibility index (Phi) is 8.89. The van der Waals surface area contributed by atoms with Crippen molar-refractivity contribution in [2.24, 2.45) is 0 Å². The number of aliphatic carboxylic acids is 1. The van der Waals surface area contributed by atoms with Crippen LogP contribution in [0.1, 0.15) is 22.3 Å². The number of carboxylic acids is 1. The van der Waals surface area contributed by atoms with Crippen molar-refractivity contribution in [2.45, 2.75) is 19.5 Å². The molecule has 0 aliphatic heterocycles. The van der Waals surface area contributed by atoms with Gasteiger partial charge in [0.2, 0.25) is 0 Å². The van der Waals surface area contributed by atoms with Crippen LogP contribution < -0.4 is 19.5 Å². The number of hydrogen-bond donors (Lipinski definition) is 3. The number of aliphatic hydroxyl groups is 1. The summed E-state index contributed by atoms with van der Waals surface area (Å²) < 4.78 is 16.4. The second-order valence-electron chi connectivity index (χ2n) is 7.94. The number of carboxylic acid groups (broad SMARTS) is 1. The van der Waals surface area contributed by atoms with Gasteiger partial charge in [-0.05, 0) is 59.0 Å². The fourth-order valence-corrected chi connectivity index (χ4v) is 3.83. The summed E-state index contributed by atoms with van der Waals surface area (Å²) >= 11 is 0. The number of ether oxygens (including phenoxy) is 3. The van der Waals surface area contributed by atoms with Crippen LogP contribution in [-0.4, -0.2) is 50.2 Å². The number of hydrogen-bond acceptors (Lipinski definition) is 6. The lowest BCUT2D eigenvalue weighted by Crippen LogP contribution is -2.39. The van der Waals surface area contributed by atoms with E-state index in [0.29, 0.717) is 17.1 Å². The molecular formula is C28H31NO6. The van der Waals surface area contributed by atoms with Crippen molar-refractivity contribution < 1.29 is 29.2 Å². The van der Waals surface area contributed by atoms with E-state index in [9.17, 15) is 9.90 Å². The van der Waals surface area contributed by atoms with Crippen molar-refractivity contribution in [3.8, 4) is 28.4 Å². The van der Waals surface area contributed by atoms with Crippen molar-refractivity contribution >= 4 is 18.1 Å². The van der Waals surface area contributed by atoms with Crippen LogP contribution in [0.2, 0.25) is 0 Å². The Morgan fingerprint density at radius 1 is 0.971 bits per heavy atom. The first-order valence-electron chi connectivity index (χ1n) is 11.2. The molecule has 0 bridgehead atoms. The Hall–Kier alpha value is -3.81. The summed E-state index contributed by atoms with van der Waals surface area (Å²) in [5.41, 5.74) is 6.02. The summed E-state index contributed by atoms with van der Waals surface area (Å²) in [6.07, 6.45) is 4.02. The van der Waals surface area contributed by atoms with Crippen LogP contribution in [0.3, 0.4) is 0 Å². The predicted octanol–water partition coefficient (Wildman–Crippen LogP) is 4.39. The highest BCUT2D eigenvalue weighted by Gasteiger charge is 2.18. The maximum atomic E-state index is 11.2. The summed E-state index contributed by atoms with van der Waals surface area (Å²) in [4.78, 5) is 11.2. The lowest BCUT2D eigenvalue weighted by atomic mass is 9.96. The number of nitrogens with one attached hydrogen (secondary N) is 1. The number of benzene rings is 3. The molecule has 0 aliphatic carbocycles. The molecule has 3 aromatic rings. The van der Waals surface area contributed by atoms with Crippen molar-refractivity contribution in [2.75, 3.05) is 27.9 Å². The topological polar surface area (TPSA) is 97.2 Å².